The molecule has 1 atom stereocenters. The fraction of sp³-hybridized carbons (Fsp3) is 0.474. The third-order valence-electron chi connectivity index (χ3n) is 4.54. The summed E-state index contributed by atoms with van der Waals surface area (Å²) in [6.07, 6.45) is 8.00. The zero-order chi connectivity index (χ0) is 17.5. The van der Waals surface area contributed by atoms with Crippen LogP contribution in [-0.2, 0) is 11.3 Å². The van der Waals surface area contributed by atoms with Crippen molar-refractivity contribution in [2.45, 2.75) is 25.8 Å². The van der Waals surface area contributed by atoms with Crippen molar-refractivity contribution in [1.82, 2.24) is 14.5 Å². The zero-order valence-electron chi connectivity index (χ0n) is 14.6. The second kappa shape index (κ2) is 8.55. The molecule has 6 nitrogen and oxygen atoms in total. The second-order valence-corrected chi connectivity index (χ2v) is 6.39. The number of ether oxygens (including phenoxy) is 2. The molecule has 2 heterocycles. The van der Waals surface area contributed by atoms with Crippen LogP contribution in [0.5, 0.6) is 11.5 Å². The van der Waals surface area contributed by atoms with Gasteiger partial charge in [0.2, 0.25) is 5.91 Å². The number of hydrogen-bond acceptors (Lipinski definition) is 4. The number of aromatic nitrogens is 2. The predicted molar refractivity (Wildman–Crippen MR) is 94.6 cm³/mol. The monoisotopic (exact) mass is 343 g/mol. The Kier molecular flexibility index (Phi) is 5.93. The quantitative estimate of drug-likeness (QED) is 0.775. The molecule has 1 fully saturated rings. The Hall–Kier alpha value is -2.50. The van der Waals surface area contributed by atoms with Crippen molar-refractivity contribution in [2.75, 3.05) is 26.8 Å². The number of aryl methyl sites for hydroxylation is 1. The highest BCUT2D eigenvalue weighted by Gasteiger charge is 2.24. The summed E-state index contributed by atoms with van der Waals surface area (Å²) in [5, 5.41) is 0. The van der Waals surface area contributed by atoms with E-state index in [1.165, 1.54) is 0 Å². The zero-order valence-corrected chi connectivity index (χ0v) is 14.6. The minimum absolute atomic E-state index is 0.208. The van der Waals surface area contributed by atoms with Crippen molar-refractivity contribution in [3.8, 4) is 11.5 Å². The fourth-order valence-corrected chi connectivity index (χ4v) is 3.13. The molecule has 1 aliphatic heterocycles. The van der Waals surface area contributed by atoms with Crippen LogP contribution in [0.4, 0.5) is 0 Å². The van der Waals surface area contributed by atoms with E-state index in [1.807, 2.05) is 39.9 Å². The van der Waals surface area contributed by atoms with Crippen LogP contribution in [0.3, 0.4) is 0 Å². The number of amides is 1. The van der Waals surface area contributed by atoms with Crippen molar-refractivity contribution in [1.29, 1.82) is 0 Å². The lowest BCUT2D eigenvalue weighted by molar-refractivity contribution is -0.133. The Labute approximate surface area is 148 Å². The van der Waals surface area contributed by atoms with E-state index in [9.17, 15) is 4.79 Å². The van der Waals surface area contributed by atoms with E-state index in [1.54, 1.807) is 19.6 Å². The van der Waals surface area contributed by atoms with Crippen molar-refractivity contribution in [3.63, 3.8) is 0 Å². The molecule has 0 spiro atoms. The van der Waals surface area contributed by atoms with Gasteiger partial charge in [-0.05, 0) is 25.0 Å². The molecule has 0 radical (unpaired) electrons. The second-order valence-electron chi connectivity index (χ2n) is 6.39. The average molecular weight is 343 g/mol. The van der Waals surface area contributed by atoms with Crippen LogP contribution >= 0.6 is 0 Å². The van der Waals surface area contributed by atoms with Gasteiger partial charge >= 0.3 is 0 Å². The third-order valence-corrected chi connectivity index (χ3v) is 4.54. The number of carbonyl (C=O) groups is 1. The molecule has 1 aromatic carbocycles. The van der Waals surface area contributed by atoms with E-state index in [0.29, 0.717) is 25.5 Å². The predicted octanol–water partition coefficient (Wildman–Crippen LogP) is 2.60. The molecular formula is C19H25N3O3. The van der Waals surface area contributed by atoms with Gasteiger partial charge in [0, 0.05) is 50.4 Å². The van der Waals surface area contributed by atoms with E-state index in [4.69, 9.17) is 9.47 Å². The molecule has 3 rings (SSSR count). The number of benzene rings is 1. The Morgan fingerprint density at radius 3 is 3.04 bits per heavy atom. The summed E-state index contributed by atoms with van der Waals surface area (Å²) in [7, 11) is 1.65. The SMILES string of the molecule is COc1cccc(OC[C@@H]2CCCN(C(=O)CCn3ccnc3)C2)c1. The first-order valence-corrected chi connectivity index (χ1v) is 8.75. The lowest BCUT2D eigenvalue weighted by atomic mass is 9.98. The first-order chi connectivity index (χ1) is 12.2. The number of carbonyl (C=O) groups excluding carboxylic acids is 1. The Morgan fingerprint density at radius 2 is 2.24 bits per heavy atom. The first-order valence-electron chi connectivity index (χ1n) is 8.75. The molecule has 0 unspecified atom stereocenters. The minimum atomic E-state index is 0.208. The molecule has 0 saturated carbocycles. The summed E-state index contributed by atoms with van der Waals surface area (Å²) in [5.74, 6) is 2.18. The Morgan fingerprint density at radius 1 is 1.36 bits per heavy atom. The van der Waals surface area contributed by atoms with Crippen LogP contribution in [0.1, 0.15) is 19.3 Å². The molecular weight excluding hydrogens is 318 g/mol. The molecule has 1 aromatic heterocycles. The number of hydrogen-bond donors (Lipinski definition) is 0. The first kappa shape index (κ1) is 17.3. The van der Waals surface area contributed by atoms with E-state index >= 15 is 0 Å². The van der Waals surface area contributed by atoms with Crippen LogP contribution in [0.25, 0.3) is 0 Å². The van der Waals surface area contributed by atoms with Crippen molar-refractivity contribution in [2.24, 2.45) is 5.92 Å². The molecule has 1 saturated heterocycles. The summed E-state index contributed by atoms with van der Waals surface area (Å²) in [5.41, 5.74) is 0. The highest BCUT2D eigenvalue weighted by atomic mass is 16.5. The number of piperidine rings is 1. The standard InChI is InChI=1S/C19H25N3O3/c1-24-17-5-2-6-18(12-17)25-14-16-4-3-9-22(13-16)19(23)7-10-21-11-8-20-15-21/h2,5-6,8,11-12,15-16H,3-4,7,9-10,13-14H2,1H3/t16-/m1/s1. The molecule has 0 N–H and O–H groups in total. The van der Waals surface area contributed by atoms with Gasteiger partial charge in [-0.2, -0.15) is 0 Å². The normalized spacial score (nSPS) is 17.3. The maximum Gasteiger partial charge on any atom is 0.224 e. The number of nitrogens with zero attached hydrogens (tertiary/aromatic N) is 3. The van der Waals surface area contributed by atoms with Gasteiger partial charge in [-0.25, -0.2) is 4.98 Å². The van der Waals surface area contributed by atoms with E-state index in [2.05, 4.69) is 4.98 Å². The topological polar surface area (TPSA) is 56.6 Å². The average Bonchev–Trinajstić information content (AvgIpc) is 3.18. The maximum absolute atomic E-state index is 12.4. The third kappa shape index (κ3) is 4.98. The van der Waals surface area contributed by atoms with Crippen molar-refractivity contribution in [3.05, 3.63) is 43.0 Å². The highest BCUT2D eigenvalue weighted by molar-refractivity contribution is 5.76. The van der Waals surface area contributed by atoms with E-state index in [-0.39, 0.29) is 5.91 Å². The minimum Gasteiger partial charge on any atom is -0.497 e. The van der Waals surface area contributed by atoms with Gasteiger partial charge < -0.3 is 18.9 Å². The van der Waals surface area contributed by atoms with Crippen LogP contribution in [0.2, 0.25) is 0 Å². The van der Waals surface area contributed by atoms with Gasteiger partial charge in [0.05, 0.1) is 20.0 Å². The van der Waals surface area contributed by atoms with Gasteiger partial charge in [0.15, 0.2) is 0 Å². The van der Waals surface area contributed by atoms with Crippen LogP contribution in [0, 0.1) is 5.92 Å². The lowest BCUT2D eigenvalue weighted by Gasteiger charge is -2.32. The smallest absolute Gasteiger partial charge is 0.224 e. The van der Waals surface area contributed by atoms with E-state index in [0.717, 1.165) is 37.4 Å². The van der Waals surface area contributed by atoms with Gasteiger partial charge in [0.25, 0.3) is 0 Å². The summed E-state index contributed by atoms with van der Waals surface area (Å²) in [6, 6.07) is 7.63. The van der Waals surface area contributed by atoms with Gasteiger partial charge in [-0.1, -0.05) is 6.07 Å². The summed E-state index contributed by atoms with van der Waals surface area (Å²) in [6.45, 7) is 2.92. The molecule has 2 aromatic rings. The van der Waals surface area contributed by atoms with Crippen molar-refractivity contribution < 1.29 is 14.3 Å². The van der Waals surface area contributed by atoms with Gasteiger partial charge in [-0.15, -0.1) is 0 Å². The van der Waals surface area contributed by atoms with Crippen LogP contribution in [0.15, 0.2) is 43.0 Å². The summed E-state index contributed by atoms with van der Waals surface area (Å²) >= 11 is 0. The summed E-state index contributed by atoms with van der Waals surface area (Å²) in [4.78, 5) is 18.4. The Bertz CT molecular complexity index is 672. The van der Waals surface area contributed by atoms with E-state index < -0.39 is 0 Å². The van der Waals surface area contributed by atoms with Gasteiger partial charge in [0.1, 0.15) is 11.5 Å². The molecule has 0 bridgehead atoms. The number of rotatable bonds is 7. The number of likely N-dealkylation sites (tertiary alicyclic amines) is 1. The van der Waals surface area contributed by atoms with Crippen LogP contribution in [-0.4, -0.2) is 47.2 Å². The molecule has 134 valence electrons. The van der Waals surface area contributed by atoms with Crippen LogP contribution < -0.4 is 9.47 Å². The fourth-order valence-electron chi connectivity index (χ4n) is 3.13. The molecule has 0 aliphatic carbocycles. The molecule has 25 heavy (non-hydrogen) atoms. The number of methoxy groups -OCH3 is 1. The highest BCUT2D eigenvalue weighted by Crippen LogP contribution is 2.22. The molecule has 1 amide bonds. The largest absolute Gasteiger partial charge is 0.497 e. The molecule has 6 heteroatoms. The lowest BCUT2D eigenvalue weighted by Crippen LogP contribution is -2.41. The maximum atomic E-state index is 12.4. The van der Waals surface area contributed by atoms with Crippen molar-refractivity contribution >= 4 is 5.91 Å². The number of imidazole rings is 1. The molecule has 1 aliphatic rings. The van der Waals surface area contributed by atoms with Gasteiger partial charge in [-0.3, -0.25) is 4.79 Å². The summed E-state index contributed by atoms with van der Waals surface area (Å²) < 4.78 is 13.1. The Balaban J connectivity index is 1.46.